The van der Waals surface area contributed by atoms with Crippen LogP contribution < -0.4 is 11.1 Å². The molecule has 0 bridgehead atoms. The average molecular weight is 547 g/mol. The van der Waals surface area contributed by atoms with Crippen LogP contribution in [0.1, 0.15) is 5.69 Å². The van der Waals surface area contributed by atoms with E-state index < -0.39 is 34.9 Å². The summed E-state index contributed by atoms with van der Waals surface area (Å²) >= 11 is 9.54. The number of amides is 3. The first kappa shape index (κ1) is 25.9. The highest BCUT2D eigenvalue weighted by Crippen LogP contribution is 2.41. The topological polar surface area (TPSA) is 179 Å². The van der Waals surface area contributed by atoms with Crippen LogP contribution in [0.25, 0.3) is 0 Å². The minimum absolute atomic E-state index is 0.0391. The van der Waals surface area contributed by atoms with Crippen LogP contribution >= 0.6 is 46.5 Å². The molecule has 34 heavy (non-hydrogen) atoms. The predicted molar refractivity (Wildman–Crippen MR) is 130 cm³/mol. The van der Waals surface area contributed by atoms with Crippen LogP contribution in [-0.4, -0.2) is 91.5 Å². The van der Waals surface area contributed by atoms with Gasteiger partial charge >= 0.3 is 5.97 Å². The number of carboxylic acid groups (broad SMARTS) is 1. The van der Waals surface area contributed by atoms with E-state index in [4.69, 9.17) is 17.3 Å². The fourth-order valence-electron chi connectivity index (χ4n) is 3.09. The van der Waals surface area contributed by atoms with Crippen LogP contribution in [0, 0.1) is 0 Å². The van der Waals surface area contributed by atoms with Crippen molar-refractivity contribution in [1.82, 2.24) is 20.1 Å². The number of allylic oxidation sites excluding steroid dienone is 1. The first-order chi connectivity index (χ1) is 16.2. The zero-order valence-corrected chi connectivity index (χ0v) is 20.7. The molecule has 1 aromatic rings. The maximum absolute atomic E-state index is 12.8. The number of thioether (sulfide) groups is 2. The Morgan fingerprint density at radius 3 is 2.82 bits per heavy atom. The van der Waals surface area contributed by atoms with E-state index in [-0.39, 0.29) is 20.9 Å². The van der Waals surface area contributed by atoms with Crippen molar-refractivity contribution in [2.75, 3.05) is 30.8 Å². The van der Waals surface area contributed by atoms with Crippen LogP contribution in [0.15, 0.2) is 27.9 Å². The lowest BCUT2D eigenvalue weighted by molar-refractivity contribution is -0.150. The van der Waals surface area contributed by atoms with Crippen molar-refractivity contribution >= 4 is 81.5 Å². The highest BCUT2D eigenvalue weighted by molar-refractivity contribution is 8.02. The molecule has 182 valence electrons. The van der Waals surface area contributed by atoms with Gasteiger partial charge in [0.05, 0.1) is 0 Å². The fraction of sp³-hybridized carbons (Fsp3) is 0.333. The summed E-state index contributed by atoms with van der Waals surface area (Å²) in [5.41, 5.74) is 5.20. The minimum Gasteiger partial charge on any atom is -0.477 e. The summed E-state index contributed by atoms with van der Waals surface area (Å²) in [6, 6.07) is -1.03. The fourth-order valence-corrected chi connectivity index (χ4v) is 6.13. The number of nitrogens with zero attached hydrogens (tertiary/aromatic N) is 4. The van der Waals surface area contributed by atoms with Gasteiger partial charge in [-0.2, -0.15) is 0 Å². The maximum atomic E-state index is 12.8. The Morgan fingerprint density at radius 2 is 2.24 bits per heavy atom. The zero-order valence-electron chi connectivity index (χ0n) is 17.5. The summed E-state index contributed by atoms with van der Waals surface area (Å²) in [5, 5.41) is 25.5. The minimum atomic E-state index is -1.27. The van der Waals surface area contributed by atoms with E-state index in [1.807, 2.05) is 0 Å². The van der Waals surface area contributed by atoms with Crippen LogP contribution in [0.2, 0.25) is 4.34 Å². The van der Waals surface area contributed by atoms with Crippen LogP contribution in [0.5, 0.6) is 0 Å². The SMILES string of the molecule is CN(C=O)CCSC=CC1=C(C(=O)O)N2C(=O)[C@@H](NC(=O)/C(=N\O)c3nc(N)sc3Cl)[C@H]2SC1. The third kappa shape index (κ3) is 5.32. The molecular weight excluding hydrogens is 528 g/mol. The van der Waals surface area contributed by atoms with Gasteiger partial charge in [0.1, 0.15) is 27.1 Å². The number of oxime groups is 1. The summed E-state index contributed by atoms with van der Waals surface area (Å²) in [5.74, 6) is -1.87. The van der Waals surface area contributed by atoms with Gasteiger partial charge in [0.15, 0.2) is 10.8 Å². The molecule has 0 spiro atoms. The molecule has 3 heterocycles. The quantitative estimate of drug-likeness (QED) is 0.0812. The lowest BCUT2D eigenvalue weighted by Gasteiger charge is -2.49. The third-order valence-corrected chi connectivity index (χ3v) is 7.87. The Kier molecular flexibility index (Phi) is 8.46. The lowest BCUT2D eigenvalue weighted by atomic mass is 10.0. The number of β-lactam (4-membered cyclic amide) rings is 1. The molecule has 0 aliphatic carbocycles. The van der Waals surface area contributed by atoms with Gasteiger partial charge in [0.2, 0.25) is 6.41 Å². The Morgan fingerprint density at radius 1 is 1.50 bits per heavy atom. The van der Waals surface area contributed by atoms with Gasteiger partial charge in [0.25, 0.3) is 11.8 Å². The van der Waals surface area contributed by atoms with Gasteiger partial charge in [-0.1, -0.05) is 28.1 Å². The molecule has 2 atom stereocenters. The van der Waals surface area contributed by atoms with Gasteiger partial charge < -0.3 is 26.3 Å². The number of carbonyl (C=O) groups is 4. The molecule has 0 unspecified atom stereocenters. The van der Waals surface area contributed by atoms with Gasteiger partial charge in [-0.3, -0.25) is 19.3 Å². The second-order valence-electron chi connectivity index (χ2n) is 6.92. The molecule has 5 N–H and O–H groups in total. The number of aromatic nitrogens is 1. The Labute approximate surface area is 210 Å². The molecule has 16 heteroatoms. The molecule has 3 rings (SSSR count). The number of hydrogen-bond donors (Lipinski definition) is 4. The third-order valence-electron chi connectivity index (χ3n) is 4.74. The maximum Gasteiger partial charge on any atom is 0.352 e. The summed E-state index contributed by atoms with van der Waals surface area (Å²) < 4.78 is 0.0391. The van der Waals surface area contributed by atoms with Crippen LogP contribution in [0.3, 0.4) is 0 Å². The number of rotatable bonds is 10. The first-order valence-corrected chi connectivity index (χ1v) is 12.8. The van der Waals surface area contributed by atoms with Crippen molar-refractivity contribution in [2.45, 2.75) is 11.4 Å². The number of nitrogens with two attached hydrogens (primary N) is 1. The van der Waals surface area contributed by atoms with Crippen molar-refractivity contribution in [2.24, 2.45) is 5.16 Å². The van der Waals surface area contributed by atoms with E-state index >= 15 is 0 Å². The Hall–Kier alpha value is -2.75. The number of thiazole rings is 1. The number of fused-ring (bicyclic) bond motifs is 1. The predicted octanol–water partition coefficient (Wildman–Crippen LogP) is 0.631. The van der Waals surface area contributed by atoms with Crippen molar-refractivity contribution in [1.29, 1.82) is 0 Å². The molecule has 12 nitrogen and oxygen atoms in total. The number of anilines is 1. The Balaban J connectivity index is 1.70. The molecule has 0 aromatic carbocycles. The number of nitrogen functional groups attached to an aromatic ring is 1. The van der Waals surface area contributed by atoms with Crippen molar-refractivity contribution in [3.05, 3.63) is 32.8 Å². The van der Waals surface area contributed by atoms with Gasteiger partial charge in [-0.05, 0) is 17.1 Å². The lowest BCUT2D eigenvalue weighted by Crippen LogP contribution is -2.71. The molecule has 0 saturated carbocycles. The van der Waals surface area contributed by atoms with Crippen molar-refractivity contribution in [3.63, 3.8) is 0 Å². The molecule has 2 aliphatic rings. The number of aliphatic carboxylic acids is 1. The van der Waals surface area contributed by atoms with E-state index in [0.717, 1.165) is 16.2 Å². The van der Waals surface area contributed by atoms with Gasteiger partial charge in [-0.25, -0.2) is 9.78 Å². The molecule has 3 amide bonds. The second-order valence-corrected chi connectivity index (χ2v) is 10.7. The van der Waals surface area contributed by atoms with E-state index in [2.05, 4.69) is 15.5 Å². The van der Waals surface area contributed by atoms with E-state index in [9.17, 15) is 29.5 Å². The summed E-state index contributed by atoms with van der Waals surface area (Å²) in [6.07, 6.45) is 2.34. The average Bonchev–Trinajstić information content (AvgIpc) is 3.14. The van der Waals surface area contributed by atoms with Crippen LogP contribution in [0.4, 0.5) is 5.13 Å². The second kappa shape index (κ2) is 11.1. The number of nitrogens with one attached hydrogen (secondary N) is 1. The molecule has 1 aromatic heterocycles. The van der Waals surface area contributed by atoms with E-state index in [1.54, 1.807) is 18.5 Å². The zero-order chi connectivity index (χ0) is 25.0. The monoisotopic (exact) mass is 546 g/mol. The molecular formula is C18H19ClN6O6S3. The molecule has 2 aliphatic heterocycles. The smallest absolute Gasteiger partial charge is 0.352 e. The van der Waals surface area contributed by atoms with Crippen LogP contribution in [-0.2, 0) is 19.2 Å². The number of carboxylic acids is 1. The number of hydrogen-bond acceptors (Lipinski definition) is 11. The summed E-state index contributed by atoms with van der Waals surface area (Å²) in [4.78, 5) is 54.4. The largest absolute Gasteiger partial charge is 0.477 e. The molecule has 0 radical (unpaired) electrons. The number of carbonyl (C=O) groups excluding carboxylic acids is 3. The van der Waals surface area contributed by atoms with Crippen molar-refractivity contribution in [3.8, 4) is 0 Å². The summed E-state index contributed by atoms with van der Waals surface area (Å²) in [6.45, 7) is 0.532. The highest BCUT2D eigenvalue weighted by Gasteiger charge is 2.54. The first-order valence-electron chi connectivity index (χ1n) is 9.49. The molecule has 1 fully saturated rings. The standard InChI is InChI=1S/C18H19ClN6O6S3/c1-24(7-26)3-5-32-4-2-8-6-33-16-11(15(28)25(16)12(8)17(29)30)21-14(27)10(23-31)9-13(19)34-18(20)22-9/h2,4,7,11,16,31H,3,5-6H2,1H3,(H2,20,22)(H,21,27)(H,29,30)/b4-2?,23-10-/t11-,16-/m1/s1. The van der Waals surface area contributed by atoms with Gasteiger partial charge in [0, 0.05) is 25.1 Å². The molecule has 1 saturated heterocycles. The normalized spacial score (nSPS) is 20.2. The van der Waals surface area contributed by atoms with Crippen molar-refractivity contribution < 1.29 is 29.5 Å². The summed E-state index contributed by atoms with van der Waals surface area (Å²) in [7, 11) is 1.65. The number of halogens is 1. The van der Waals surface area contributed by atoms with E-state index in [1.165, 1.54) is 28.4 Å². The Bertz CT molecular complexity index is 1110. The van der Waals surface area contributed by atoms with Gasteiger partial charge in [-0.15, -0.1) is 23.5 Å². The highest BCUT2D eigenvalue weighted by atomic mass is 35.5. The van der Waals surface area contributed by atoms with E-state index in [0.29, 0.717) is 30.0 Å².